The van der Waals surface area contributed by atoms with Crippen LogP contribution in [0.1, 0.15) is 39.9 Å². The molecule has 182 valence electrons. The van der Waals surface area contributed by atoms with Crippen molar-refractivity contribution < 1.29 is 27.5 Å². The Morgan fingerprint density at radius 3 is 2.62 bits per heavy atom. The summed E-state index contributed by atoms with van der Waals surface area (Å²) in [5, 5.41) is 2.52. The summed E-state index contributed by atoms with van der Waals surface area (Å²) >= 11 is 0. The van der Waals surface area contributed by atoms with Crippen LogP contribution >= 0.6 is 0 Å². The van der Waals surface area contributed by atoms with Crippen LogP contribution in [0.2, 0.25) is 0 Å². The van der Waals surface area contributed by atoms with Crippen molar-refractivity contribution in [2.45, 2.75) is 25.6 Å². The van der Waals surface area contributed by atoms with Crippen LogP contribution in [0.15, 0.2) is 30.3 Å². The fraction of sp³-hybridized carbons (Fsp3) is 0.435. The Bertz CT molecular complexity index is 1090. The number of carbonyl (C=O) groups is 2. The summed E-state index contributed by atoms with van der Waals surface area (Å²) in [6, 6.07) is 7.00. The summed E-state index contributed by atoms with van der Waals surface area (Å²) in [6.45, 7) is 4.84. The van der Waals surface area contributed by atoms with Crippen LogP contribution in [0.25, 0.3) is 0 Å². The highest BCUT2D eigenvalue weighted by Gasteiger charge is 2.33. The lowest BCUT2D eigenvalue weighted by atomic mass is 9.89. The largest absolute Gasteiger partial charge is 0.416 e. The van der Waals surface area contributed by atoms with Crippen molar-refractivity contribution in [3.63, 3.8) is 0 Å². The fourth-order valence-electron chi connectivity index (χ4n) is 4.38. The lowest BCUT2D eigenvalue weighted by Gasteiger charge is -2.32. The molecule has 1 aromatic carbocycles. The molecule has 2 aliphatic heterocycles. The van der Waals surface area contributed by atoms with E-state index in [4.69, 9.17) is 10.5 Å². The van der Waals surface area contributed by atoms with Gasteiger partial charge in [-0.25, -0.2) is 4.98 Å². The van der Waals surface area contributed by atoms with Crippen molar-refractivity contribution >= 4 is 23.5 Å². The first-order valence-corrected chi connectivity index (χ1v) is 11.0. The second kappa shape index (κ2) is 9.59. The maximum Gasteiger partial charge on any atom is 0.416 e. The van der Waals surface area contributed by atoms with E-state index in [0.29, 0.717) is 45.0 Å². The summed E-state index contributed by atoms with van der Waals surface area (Å²) in [5.41, 5.74) is 6.65. The van der Waals surface area contributed by atoms with E-state index >= 15 is 0 Å². The highest BCUT2D eigenvalue weighted by molar-refractivity contribution is 6.04. The van der Waals surface area contributed by atoms with Gasteiger partial charge in [-0.3, -0.25) is 14.5 Å². The van der Waals surface area contributed by atoms with Crippen molar-refractivity contribution in [3.05, 3.63) is 52.6 Å². The molecule has 0 saturated carbocycles. The number of amides is 2. The number of pyridine rings is 1. The molecule has 0 aliphatic carbocycles. The number of morpholine rings is 1. The molecule has 0 radical (unpaired) electrons. The predicted molar refractivity (Wildman–Crippen MR) is 120 cm³/mol. The third-order valence-corrected chi connectivity index (χ3v) is 5.96. The smallest absolute Gasteiger partial charge is 0.378 e. The van der Waals surface area contributed by atoms with E-state index in [0.717, 1.165) is 23.3 Å². The summed E-state index contributed by atoms with van der Waals surface area (Å²) < 4.78 is 45.8. The monoisotopic (exact) mass is 477 g/mol. The number of benzene rings is 1. The molecule has 11 heteroatoms. The number of ether oxygens (including phenoxy) is 1. The number of carbonyl (C=O) groups excluding carboxylic acids is 2. The van der Waals surface area contributed by atoms with Gasteiger partial charge in [0.25, 0.3) is 5.91 Å². The van der Waals surface area contributed by atoms with Gasteiger partial charge in [0.05, 0.1) is 25.3 Å². The number of anilines is 2. The highest BCUT2D eigenvalue weighted by atomic mass is 19.4. The number of fused-ring (bicyclic) bond motifs is 1. The SMILES string of the molecule is CC1CN(CC(N)=O)Cc2cc(C(=O)Nc3cc(C(F)(F)F)cc(N4CCOCC4)n3)ccc21. The van der Waals surface area contributed by atoms with Crippen molar-refractivity contribution in [1.82, 2.24) is 9.88 Å². The van der Waals surface area contributed by atoms with Gasteiger partial charge in [-0.05, 0) is 41.3 Å². The van der Waals surface area contributed by atoms with Gasteiger partial charge < -0.3 is 20.7 Å². The quantitative estimate of drug-likeness (QED) is 0.687. The Morgan fingerprint density at radius 2 is 1.94 bits per heavy atom. The number of hydrogen-bond donors (Lipinski definition) is 2. The summed E-state index contributed by atoms with van der Waals surface area (Å²) in [7, 11) is 0. The molecular weight excluding hydrogens is 451 g/mol. The van der Waals surface area contributed by atoms with Crippen molar-refractivity contribution in [2.75, 3.05) is 49.6 Å². The molecule has 1 unspecified atom stereocenters. The molecule has 1 saturated heterocycles. The first kappa shape index (κ1) is 24.0. The van der Waals surface area contributed by atoms with Gasteiger partial charge in [-0.2, -0.15) is 13.2 Å². The van der Waals surface area contributed by atoms with Crippen LogP contribution in [0.3, 0.4) is 0 Å². The second-order valence-electron chi connectivity index (χ2n) is 8.60. The maximum absolute atomic E-state index is 13.5. The minimum absolute atomic E-state index is 0.110. The molecule has 2 aromatic rings. The molecule has 1 fully saturated rings. The average Bonchev–Trinajstić information content (AvgIpc) is 2.78. The minimum Gasteiger partial charge on any atom is -0.378 e. The minimum atomic E-state index is -4.59. The van der Waals surface area contributed by atoms with Gasteiger partial charge in [0, 0.05) is 31.7 Å². The second-order valence-corrected chi connectivity index (χ2v) is 8.60. The number of nitrogens with zero attached hydrogens (tertiary/aromatic N) is 3. The van der Waals surface area contributed by atoms with Crippen LogP contribution < -0.4 is 16.0 Å². The van der Waals surface area contributed by atoms with Gasteiger partial charge in [-0.1, -0.05) is 13.0 Å². The standard InChI is InChI=1S/C23H26F3N5O3/c1-14-11-30(13-19(27)32)12-16-8-15(2-3-18(14)16)22(33)29-20-9-17(23(24,25)26)10-21(28-20)31-4-6-34-7-5-31/h2-3,8-10,14H,4-7,11-13H2,1H3,(H2,27,32)(H,28,29,33). The Balaban J connectivity index is 1.58. The topological polar surface area (TPSA) is 101 Å². The third-order valence-electron chi connectivity index (χ3n) is 5.96. The molecule has 2 amide bonds. The molecule has 2 aliphatic rings. The predicted octanol–water partition coefficient (Wildman–Crippen LogP) is 2.59. The van der Waals surface area contributed by atoms with Crippen molar-refractivity contribution in [1.29, 1.82) is 0 Å². The highest BCUT2D eigenvalue weighted by Crippen LogP contribution is 2.33. The molecular formula is C23H26F3N5O3. The number of hydrogen-bond acceptors (Lipinski definition) is 6. The number of primary amides is 1. The van der Waals surface area contributed by atoms with Crippen LogP contribution in [0.5, 0.6) is 0 Å². The fourth-order valence-corrected chi connectivity index (χ4v) is 4.38. The van der Waals surface area contributed by atoms with Gasteiger partial charge in [0.15, 0.2) is 0 Å². The summed E-state index contributed by atoms with van der Waals surface area (Å²) in [4.78, 5) is 32.1. The van der Waals surface area contributed by atoms with E-state index in [9.17, 15) is 22.8 Å². The molecule has 4 rings (SSSR count). The van der Waals surface area contributed by atoms with E-state index < -0.39 is 23.6 Å². The molecule has 34 heavy (non-hydrogen) atoms. The molecule has 3 N–H and O–H groups in total. The first-order valence-electron chi connectivity index (χ1n) is 11.0. The Hall–Kier alpha value is -3.18. The zero-order chi connectivity index (χ0) is 24.5. The maximum atomic E-state index is 13.5. The van der Waals surface area contributed by atoms with E-state index in [1.54, 1.807) is 17.0 Å². The van der Waals surface area contributed by atoms with E-state index in [1.165, 1.54) is 0 Å². The van der Waals surface area contributed by atoms with Crippen LogP contribution in [-0.2, 0) is 22.3 Å². The number of rotatable bonds is 5. The molecule has 3 heterocycles. The lowest BCUT2D eigenvalue weighted by molar-refractivity contribution is -0.137. The molecule has 0 bridgehead atoms. The molecule has 1 atom stereocenters. The molecule has 1 aromatic heterocycles. The number of aromatic nitrogens is 1. The Labute approximate surface area is 194 Å². The zero-order valence-electron chi connectivity index (χ0n) is 18.7. The van der Waals surface area contributed by atoms with Crippen LogP contribution in [0.4, 0.5) is 24.8 Å². The van der Waals surface area contributed by atoms with Crippen molar-refractivity contribution in [2.24, 2.45) is 5.73 Å². The Kier molecular flexibility index (Phi) is 6.76. The van der Waals surface area contributed by atoms with E-state index in [2.05, 4.69) is 10.3 Å². The van der Waals surface area contributed by atoms with Gasteiger partial charge in [0.1, 0.15) is 11.6 Å². The zero-order valence-corrected chi connectivity index (χ0v) is 18.7. The third kappa shape index (κ3) is 5.48. The van der Waals surface area contributed by atoms with E-state index in [1.807, 2.05) is 17.9 Å². The summed E-state index contributed by atoms with van der Waals surface area (Å²) in [5.74, 6) is -0.905. The number of nitrogens with one attached hydrogen (secondary N) is 1. The van der Waals surface area contributed by atoms with Gasteiger partial charge in [-0.15, -0.1) is 0 Å². The molecule has 8 nitrogen and oxygen atoms in total. The number of alkyl halides is 3. The molecule has 0 spiro atoms. The first-order chi connectivity index (χ1) is 16.1. The van der Waals surface area contributed by atoms with Crippen molar-refractivity contribution in [3.8, 4) is 0 Å². The number of halogens is 3. The van der Waals surface area contributed by atoms with E-state index in [-0.39, 0.29) is 24.1 Å². The van der Waals surface area contributed by atoms with Gasteiger partial charge in [0.2, 0.25) is 5.91 Å². The van der Waals surface area contributed by atoms with Crippen LogP contribution in [0, 0.1) is 0 Å². The van der Waals surface area contributed by atoms with Gasteiger partial charge >= 0.3 is 6.18 Å². The average molecular weight is 477 g/mol. The normalized spacial score (nSPS) is 18.9. The van der Waals surface area contributed by atoms with Crippen LogP contribution in [-0.4, -0.2) is 61.1 Å². The Morgan fingerprint density at radius 1 is 1.21 bits per heavy atom. The number of nitrogens with two attached hydrogens (primary N) is 1. The summed E-state index contributed by atoms with van der Waals surface area (Å²) in [6.07, 6.45) is -4.59. The lowest BCUT2D eigenvalue weighted by Crippen LogP contribution is -2.38.